The Bertz CT molecular complexity index is 183. The molecule has 0 aromatic carbocycles. The quantitative estimate of drug-likeness (QED) is 0.489. The van der Waals surface area contributed by atoms with E-state index in [1.54, 1.807) is 0 Å². The lowest BCUT2D eigenvalue weighted by atomic mass is 10.3. The van der Waals surface area contributed by atoms with Crippen molar-refractivity contribution < 1.29 is 19.8 Å². The lowest BCUT2D eigenvalue weighted by Gasteiger charge is -1.84. The second-order valence-electron chi connectivity index (χ2n) is 2.63. The van der Waals surface area contributed by atoms with Gasteiger partial charge >= 0.3 is 11.9 Å². The van der Waals surface area contributed by atoms with Gasteiger partial charge in [-0.2, -0.15) is 0 Å². The summed E-state index contributed by atoms with van der Waals surface area (Å²) in [6.07, 6.45) is 0. The summed E-state index contributed by atoms with van der Waals surface area (Å²) in [5.41, 5.74) is 5.16. The molecule has 3 atom stereocenters. The van der Waals surface area contributed by atoms with Crippen molar-refractivity contribution in [2.45, 2.75) is 0 Å². The van der Waals surface area contributed by atoms with Gasteiger partial charge in [0.05, 0.1) is 11.8 Å². The summed E-state index contributed by atoms with van der Waals surface area (Å²) < 4.78 is 0. The van der Waals surface area contributed by atoms with Crippen molar-refractivity contribution in [1.29, 1.82) is 0 Å². The third-order valence-electron chi connectivity index (χ3n) is 2.01. The van der Waals surface area contributed by atoms with E-state index >= 15 is 0 Å². The van der Waals surface area contributed by atoms with Crippen molar-refractivity contribution in [3.63, 3.8) is 0 Å². The Kier molecular flexibility index (Phi) is 1.82. The highest BCUT2D eigenvalue weighted by Gasteiger charge is 2.58. The highest BCUT2D eigenvalue weighted by molar-refractivity contribution is 5.86. The number of hydrogen-bond donors (Lipinski definition) is 3. The first-order valence-electron chi connectivity index (χ1n) is 3.25. The van der Waals surface area contributed by atoms with Gasteiger partial charge < -0.3 is 15.9 Å². The maximum Gasteiger partial charge on any atom is 0.307 e. The van der Waals surface area contributed by atoms with Gasteiger partial charge in [0.1, 0.15) is 0 Å². The van der Waals surface area contributed by atoms with Gasteiger partial charge in [0.15, 0.2) is 0 Å². The first kappa shape index (κ1) is 8.00. The van der Waals surface area contributed by atoms with E-state index in [1.165, 1.54) is 0 Å². The van der Waals surface area contributed by atoms with E-state index in [0.717, 1.165) is 0 Å². The summed E-state index contributed by atoms with van der Waals surface area (Å²) in [7, 11) is 0. The minimum atomic E-state index is -1.06. The third-order valence-corrected chi connectivity index (χ3v) is 2.01. The van der Waals surface area contributed by atoms with E-state index in [9.17, 15) is 9.59 Å². The third kappa shape index (κ3) is 1.19. The summed E-state index contributed by atoms with van der Waals surface area (Å²) >= 11 is 0. The number of rotatable bonds is 3. The van der Waals surface area contributed by atoms with Crippen LogP contribution in [0.2, 0.25) is 0 Å². The van der Waals surface area contributed by atoms with Crippen LogP contribution in [0, 0.1) is 17.8 Å². The van der Waals surface area contributed by atoms with Crippen LogP contribution in [0.3, 0.4) is 0 Å². The monoisotopic (exact) mass is 159 g/mol. The average Bonchev–Trinajstić information content (AvgIpc) is 2.59. The molecule has 62 valence electrons. The summed E-state index contributed by atoms with van der Waals surface area (Å²) in [6.45, 7) is 0.133. The van der Waals surface area contributed by atoms with Crippen LogP contribution in [0.15, 0.2) is 0 Å². The van der Waals surface area contributed by atoms with Crippen molar-refractivity contribution in [1.82, 2.24) is 0 Å². The topological polar surface area (TPSA) is 101 Å². The van der Waals surface area contributed by atoms with Crippen molar-refractivity contribution >= 4 is 11.9 Å². The Balaban J connectivity index is 2.59. The fraction of sp³-hybridized carbons (Fsp3) is 0.667. The molecule has 1 rings (SSSR count). The van der Waals surface area contributed by atoms with Gasteiger partial charge in [0.2, 0.25) is 0 Å². The van der Waals surface area contributed by atoms with E-state index in [-0.39, 0.29) is 12.5 Å². The molecule has 0 radical (unpaired) electrons. The molecule has 1 saturated carbocycles. The second kappa shape index (κ2) is 2.50. The van der Waals surface area contributed by atoms with Crippen molar-refractivity contribution in [3.8, 4) is 0 Å². The molecule has 0 bridgehead atoms. The summed E-state index contributed by atoms with van der Waals surface area (Å²) in [6, 6.07) is 0. The highest BCUT2D eigenvalue weighted by Crippen LogP contribution is 2.45. The predicted octanol–water partition coefficient (Wildman–Crippen LogP) is -1.02. The molecule has 0 amide bonds. The van der Waals surface area contributed by atoms with Gasteiger partial charge in [-0.15, -0.1) is 0 Å². The fourth-order valence-corrected chi connectivity index (χ4v) is 1.34. The van der Waals surface area contributed by atoms with E-state index < -0.39 is 23.8 Å². The minimum Gasteiger partial charge on any atom is -0.481 e. The van der Waals surface area contributed by atoms with Crippen molar-refractivity contribution in [2.75, 3.05) is 6.54 Å². The summed E-state index contributed by atoms with van der Waals surface area (Å²) in [4.78, 5) is 20.7. The Labute approximate surface area is 62.8 Å². The van der Waals surface area contributed by atoms with Gasteiger partial charge in [-0.1, -0.05) is 0 Å². The number of hydrogen-bond acceptors (Lipinski definition) is 3. The number of carbonyl (C=O) groups is 2. The fourth-order valence-electron chi connectivity index (χ4n) is 1.34. The molecule has 5 nitrogen and oxygen atoms in total. The van der Waals surface area contributed by atoms with Gasteiger partial charge in [-0.05, 0) is 12.5 Å². The molecule has 1 unspecified atom stereocenters. The first-order valence-corrected chi connectivity index (χ1v) is 3.25. The smallest absolute Gasteiger partial charge is 0.307 e. The molecule has 0 aliphatic heterocycles. The zero-order valence-corrected chi connectivity index (χ0v) is 5.73. The van der Waals surface area contributed by atoms with Crippen LogP contribution in [0.1, 0.15) is 0 Å². The van der Waals surface area contributed by atoms with Crippen LogP contribution in [0.5, 0.6) is 0 Å². The van der Waals surface area contributed by atoms with E-state index in [2.05, 4.69) is 0 Å². The molecule has 0 spiro atoms. The van der Waals surface area contributed by atoms with Crippen molar-refractivity contribution in [2.24, 2.45) is 23.5 Å². The molecule has 0 aromatic heterocycles. The van der Waals surface area contributed by atoms with Crippen molar-refractivity contribution in [3.05, 3.63) is 0 Å². The lowest BCUT2D eigenvalue weighted by Crippen LogP contribution is -2.07. The van der Waals surface area contributed by atoms with Gasteiger partial charge in [-0.3, -0.25) is 9.59 Å². The number of aliphatic carboxylic acids is 2. The SMILES string of the molecule is NCC1[C@@H](C(=O)O)[C@H]1C(=O)O. The molecular weight excluding hydrogens is 150 g/mol. The maximum atomic E-state index is 10.3. The Morgan fingerprint density at radius 2 is 1.55 bits per heavy atom. The second-order valence-corrected chi connectivity index (χ2v) is 2.63. The van der Waals surface area contributed by atoms with Crippen LogP contribution in [-0.4, -0.2) is 28.7 Å². The molecule has 4 N–H and O–H groups in total. The standard InChI is InChI=1S/C6H9NO4/c7-1-2-3(5(8)9)4(2)6(10)11/h2-4H,1,7H2,(H,8,9)(H,10,11)/t2?,3-,4+. The maximum absolute atomic E-state index is 10.3. The molecule has 11 heavy (non-hydrogen) atoms. The molecular formula is C6H9NO4. The Morgan fingerprint density at radius 3 is 1.64 bits per heavy atom. The molecule has 0 saturated heterocycles. The van der Waals surface area contributed by atoms with E-state index in [0.29, 0.717) is 0 Å². The van der Waals surface area contributed by atoms with Crippen LogP contribution >= 0.6 is 0 Å². The van der Waals surface area contributed by atoms with Crippen LogP contribution < -0.4 is 5.73 Å². The zero-order chi connectivity index (χ0) is 8.59. The summed E-state index contributed by atoms with van der Waals surface area (Å²) in [5, 5.41) is 16.9. The highest BCUT2D eigenvalue weighted by atomic mass is 16.4. The van der Waals surface area contributed by atoms with E-state index in [4.69, 9.17) is 15.9 Å². The van der Waals surface area contributed by atoms with Gasteiger partial charge in [0.25, 0.3) is 0 Å². The number of carboxylic acids is 2. The summed E-state index contributed by atoms with van der Waals surface area (Å²) in [5.74, 6) is -4.03. The molecule has 0 heterocycles. The predicted molar refractivity (Wildman–Crippen MR) is 34.8 cm³/mol. The molecule has 1 aliphatic rings. The number of nitrogens with two attached hydrogens (primary N) is 1. The van der Waals surface area contributed by atoms with E-state index in [1.807, 2.05) is 0 Å². The zero-order valence-electron chi connectivity index (χ0n) is 5.73. The van der Waals surface area contributed by atoms with Crippen LogP contribution in [-0.2, 0) is 9.59 Å². The van der Waals surface area contributed by atoms with Gasteiger partial charge in [-0.25, -0.2) is 0 Å². The molecule has 0 aromatic rings. The largest absolute Gasteiger partial charge is 0.481 e. The molecule has 1 fully saturated rings. The molecule has 1 aliphatic carbocycles. The Hall–Kier alpha value is -1.10. The van der Waals surface area contributed by atoms with Gasteiger partial charge in [0, 0.05) is 0 Å². The Morgan fingerprint density at radius 1 is 1.18 bits per heavy atom. The first-order chi connectivity index (χ1) is 5.09. The van der Waals surface area contributed by atoms with Crippen LogP contribution in [0.25, 0.3) is 0 Å². The molecule has 5 heteroatoms. The average molecular weight is 159 g/mol. The lowest BCUT2D eigenvalue weighted by molar-refractivity contribution is -0.144. The number of carboxylic acid groups (broad SMARTS) is 2. The minimum absolute atomic E-state index is 0.133. The van der Waals surface area contributed by atoms with Crippen LogP contribution in [0.4, 0.5) is 0 Å². The normalized spacial score (nSPS) is 34.8.